The van der Waals surface area contributed by atoms with Crippen LogP contribution in [-0.4, -0.2) is 31.7 Å². The average Bonchev–Trinajstić information content (AvgIpc) is 2.72. The Kier molecular flexibility index (Phi) is 8.34. The van der Waals surface area contributed by atoms with Crippen LogP contribution in [0.25, 0.3) is 0 Å². The van der Waals surface area contributed by atoms with Gasteiger partial charge in [-0.3, -0.25) is 4.79 Å². The van der Waals surface area contributed by atoms with Crippen molar-refractivity contribution in [3.8, 4) is 11.5 Å². The van der Waals surface area contributed by atoms with Gasteiger partial charge in [0.15, 0.2) is 6.10 Å². The van der Waals surface area contributed by atoms with Gasteiger partial charge >= 0.3 is 5.97 Å². The molecule has 0 aromatic heterocycles. The van der Waals surface area contributed by atoms with Crippen molar-refractivity contribution in [1.29, 1.82) is 0 Å². The molecule has 0 radical (unpaired) electrons. The van der Waals surface area contributed by atoms with Gasteiger partial charge in [-0.15, -0.1) is 0 Å². The van der Waals surface area contributed by atoms with Crippen molar-refractivity contribution in [3.05, 3.63) is 54.1 Å². The lowest BCUT2D eigenvalue weighted by Gasteiger charge is -2.17. The van der Waals surface area contributed by atoms with E-state index in [-0.39, 0.29) is 11.9 Å². The summed E-state index contributed by atoms with van der Waals surface area (Å²) < 4.78 is 16.1. The second-order valence-corrected chi connectivity index (χ2v) is 6.25. The fourth-order valence-corrected chi connectivity index (χ4v) is 2.47. The molecular formula is C22H27NO5. The molecule has 0 aliphatic heterocycles. The number of esters is 1. The minimum Gasteiger partial charge on any atom is -0.497 e. The van der Waals surface area contributed by atoms with Crippen LogP contribution in [0.3, 0.4) is 0 Å². The summed E-state index contributed by atoms with van der Waals surface area (Å²) in [6, 6.07) is 13.7. The van der Waals surface area contributed by atoms with Crippen molar-refractivity contribution in [2.45, 2.75) is 39.2 Å². The average molecular weight is 385 g/mol. The molecule has 6 nitrogen and oxygen atoms in total. The predicted octanol–water partition coefficient (Wildman–Crippen LogP) is 4.45. The van der Waals surface area contributed by atoms with E-state index in [1.807, 2.05) is 19.9 Å². The molecule has 2 aromatic rings. The number of hydrogen-bond donors (Lipinski definition) is 1. The highest BCUT2D eigenvalue weighted by Gasteiger charge is 2.19. The van der Waals surface area contributed by atoms with E-state index in [2.05, 4.69) is 5.32 Å². The normalized spacial score (nSPS) is 11.4. The van der Waals surface area contributed by atoms with Gasteiger partial charge in [-0.25, -0.2) is 4.79 Å². The van der Waals surface area contributed by atoms with Gasteiger partial charge in [-0.1, -0.05) is 26.3 Å². The quantitative estimate of drug-likeness (QED) is 0.483. The van der Waals surface area contributed by atoms with Gasteiger partial charge in [-0.05, 0) is 49.2 Å². The SMILES string of the molecule is CCCCOC(=O)c1ccc(NC(=O)[C@@H](CC)Oc2cccc(OC)c2)cc1. The Morgan fingerprint density at radius 1 is 1.04 bits per heavy atom. The molecule has 1 atom stereocenters. The van der Waals surface area contributed by atoms with Gasteiger partial charge in [-0.2, -0.15) is 0 Å². The summed E-state index contributed by atoms with van der Waals surface area (Å²) in [6.07, 6.45) is 1.66. The number of rotatable bonds is 10. The number of anilines is 1. The molecule has 2 rings (SSSR count). The Morgan fingerprint density at radius 2 is 1.75 bits per heavy atom. The van der Waals surface area contributed by atoms with Gasteiger partial charge in [0.25, 0.3) is 5.91 Å². The van der Waals surface area contributed by atoms with Crippen LogP contribution < -0.4 is 14.8 Å². The molecule has 2 aromatic carbocycles. The topological polar surface area (TPSA) is 73.9 Å². The number of nitrogens with one attached hydrogen (secondary N) is 1. The lowest BCUT2D eigenvalue weighted by Crippen LogP contribution is -2.32. The van der Waals surface area contributed by atoms with Crippen molar-refractivity contribution in [3.63, 3.8) is 0 Å². The molecular weight excluding hydrogens is 358 g/mol. The number of unbranched alkanes of at least 4 members (excludes halogenated alkanes) is 1. The zero-order chi connectivity index (χ0) is 20.4. The van der Waals surface area contributed by atoms with Crippen LogP contribution in [-0.2, 0) is 9.53 Å². The molecule has 0 bridgehead atoms. The van der Waals surface area contributed by atoms with Crippen molar-refractivity contribution in [2.24, 2.45) is 0 Å². The Bertz CT molecular complexity index is 773. The molecule has 0 saturated heterocycles. The summed E-state index contributed by atoms with van der Waals surface area (Å²) >= 11 is 0. The monoisotopic (exact) mass is 385 g/mol. The first-order valence-corrected chi connectivity index (χ1v) is 9.46. The van der Waals surface area contributed by atoms with E-state index in [0.717, 1.165) is 12.8 Å². The Morgan fingerprint density at radius 3 is 2.39 bits per heavy atom. The van der Waals surface area contributed by atoms with Crippen LogP contribution in [0.2, 0.25) is 0 Å². The molecule has 0 aliphatic carbocycles. The lowest BCUT2D eigenvalue weighted by atomic mass is 10.2. The van der Waals surface area contributed by atoms with Crippen LogP contribution in [0, 0.1) is 0 Å². The molecule has 0 spiro atoms. The number of methoxy groups -OCH3 is 1. The van der Waals surface area contributed by atoms with Gasteiger partial charge in [0, 0.05) is 11.8 Å². The van der Waals surface area contributed by atoms with Crippen molar-refractivity contribution in [2.75, 3.05) is 19.0 Å². The summed E-state index contributed by atoms with van der Waals surface area (Å²) in [4.78, 5) is 24.5. The zero-order valence-electron chi connectivity index (χ0n) is 16.6. The summed E-state index contributed by atoms with van der Waals surface area (Å²) in [7, 11) is 1.58. The van der Waals surface area contributed by atoms with E-state index < -0.39 is 6.10 Å². The Balaban J connectivity index is 1.95. The maximum absolute atomic E-state index is 12.5. The molecule has 1 amide bonds. The summed E-state index contributed by atoms with van der Waals surface area (Å²) in [5.41, 5.74) is 1.04. The van der Waals surface area contributed by atoms with Crippen LogP contribution in [0.4, 0.5) is 5.69 Å². The number of amides is 1. The van der Waals surface area contributed by atoms with Gasteiger partial charge in [0.2, 0.25) is 0 Å². The van der Waals surface area contributed by atoms with Gasteiger partial charge in [0.05, 0.1) is 19.3 Å². The molecule has 0 aliphatic rings. The first kappa shape index (κ1) is 21.3. The van der Waals surface area contributed by atoms with Crippen LogP contribution in [0.1, 0.15) is 43.5 Å². The number of hydrogen-bond acceptors (Lipinski definition) is 5. The molecule has 0 heterocycles. The first-order chi connectivity index (χ1) is 13.6. The number of benzene rings is 2. The van der Waals surface area contributed by atoms with Crippen LogP contribution in [0.5, 0.6) is 11.5 Å². The third kappa shape index (κ3) is 6.30. The predicted molar refractivity (Wildman–Crippen MR) is 108 cm³/mol. The third-order valence-electron chi connectivity index (χ3n) is 4.10. The van der Waals surface area contributed by atoms with Gasteiger partial charge < -0.3 is 19.5 Å². The van der Waals surface area contributed by atoms with Crippen molar-refractivity contribution < 1.29 is 23.8 Å². The second-order valence-electron chi connectivity index (χ2n) is 6.25. The number of carbonyl (C=O) groups is 2. The molecule has 1 N–H and O–H groups in total. The minimum absolute atomic E-state index is 0.261. The summed E-state index contributed by atoms with van der Waals surface area (Å²) in [6.45, 7) is 4.32. The van der Waals surface area contributed by atoms with Crippen molar-refractivity contribution >= 4 is 17.6 Å². The molecule has 6 heteroatoms. The van der Waals surface area contributed by atoms with E-state index in [9.17, 15) is 9.59 Å². The molecule has 0 unspecified atom stereocenters. The lowest BCUT2D eigenvalue weighted by molar-refractivity contribution is -0.122. The van der Waals surface area contributed by atoms with E-state index in [4.69, 9.17) is 14.2 Å². The van der Waals surface area contributed by atoms with Gasteiger partial charge in [0.1, 0.15) is 11.5 Å². The Labute approximate surface area is 165 Å². The summed E-state index contributed by atoms with van der Waals surface area (Å²) in [5.74, 6) is 0.600. The highest BCUT2D eigenvalue weighted by atomic mass is 16.5. The minimum atomic E-state index is -0.647. The first-order valence-electron chi connectivity index (χ1n) is 9.46. The van der Waals surface area contributed by atoms with Crippen molar-refractivity contribution in [1.82, 2.24) is 0 Å². The smallest absolute Gasteiger partial charge is 0.338 e. The van der Waals surface area contributed by atoms with E-state index in [1.54, 1.807) is 49.6 Å². The molecule has 0 fully saturated rings. The van der Waals surface area contributed by atoms with E-state index in [0.29, 0.717) is 35.8 Å². The number of carbonyl (C=O) groups excluding carboxylic acids is 2. The standard InChI is InChI=1S/C22H27NO5/c1-4-6-14-27-22(25)16-10-12-17(13-11-16)23-21(24)20(5-2)28-19-9-7-8-18(15-19)26-3/h7-13,15,20H,4-6,14H2,1-3H3,(H,23,24)/t20-/m1/s1. The van der Waals surface area contributed by atoms with Crippen LogP contribution >= 0.6 is 0 Å². The van der Waals surface area contributed by atoms with E-state index >= 15 is 0 Å². The molecule has 28 heavy (non-hydrogen) atoms. The highest BCUT2D eigenvalue weighted by Crippen LogP contribution is 2.21. The third-order valence-corrected chi connectivity index (χ3v) is 4.10. The largest absolute Gasteiger partial charge is 0.497 e. The maximum Gasteiger partial charge on any atom is 0.338 e. The fourth-order valence-electron chi connectivity index (χ4n) is 2.47. The summed E-state index contributed by atoms with van der Waals surface area (Å²) in [5, 5.41) is 2.81. The number of ether oxygens (including phenoxy) is 3. The van der Waals surface area contributed by atoms with Crippen LogP contribution in [0.15, 0.2) is 48.5 Å². The molecule has 0 saturated carbocycles. The maximum atomic E-state index is 12.5. The molecule has 150 valence electrons. The fraction of sp³-hybridized carbons (Fsp3) is 0.364. The Hall–Kier alpha value is -3.02. The highest BCUT2D eigenvalue weighted by molar-refractivity contribution is 5.95. The second kappa shape index (κ2) is 11.0. The van der Waals surface area contributed by atoms with E-state index in [1.165, 1.54) is 0 Å². The zero-order valence-corrected chi connectivity index (χ0v) is 16.6.